The van der Waals surface area contributed by atoms with Gasteiger partial charge in [0.05, 0.1) is 11.3 Å². The van der Waals surface area contributed by atoms with Gasteiger partial charge in [-0.2, -0.15) is 0 Å². The lowest BCUT2D eigenvalue weighted by Gasteiger charge is -2.15. The molecule has 4 nitrogen and oxygen atoms in total. The fraction of sp³-hybridized carbons (Fsp3) is 0.0435. The molecule has 0 spiro atoms. The van der Waals surface area contributed by atoms with E-state index in [1.807, 2.05) is 37.3 Å². The number of rotatable bonds is 4. The Labute approximate surface area is 161 Å². The number of benzene rings is 3. The summed E-state index contributed by atoms with van der Waals surface area (Å²) in [6.45, 7) is 1.97. The second kappa shape index (κ2) is 7.12. The molecule has 3 aromatic rings. The van der Waals surface area contributed by atoms with E-state index < -0.39 is 17.6 Å². The minimum Gasteiger partial charge on any atom is -0.350 e. The molecule has 0 aliphatic carbocycles. The molecule has 3 aromatic carbocycles. The molecule has 0 unspecified atom stereocenters. The van der Waals surface area contributed by atoms with Crippen molar-refractivity contribution in [2.24, 2.45) is 0 Å². The van der Waals surface area contributed by atoms with Gasteiger partial charge >= 0.3 is 0 Å². The predicted octanol–water partition coefficient (Wildman–Crippen LogP) is 4.53. The van der Waals surface area contributed by atoms with Crippen molar-refractivity contribution < 1.29 is 14.0 Å². The van der Waals surface area contributed by atoms with Crippen LogP contribution in [-0.4, -0.2) is 11.8 Å². The lowest BCUT2D eigenvalue weighted by Crippen LogP contribution is -2.32. The maximum atomic E-state index is 13.4. The molecule has 138 valence electrons. The highest BCUT2D eigenvalue weighted by Gasteiger charge is 2.40. The number of imide groups is 1. The SMILES string of the molecule is Cc1ccc(NC2=C(c3ccc(F)cc3)C(=O)N(c3ccccc3)C2=O)cc1. The highest BCUT2D eigenvalue weighted by molar-refractivity contribution is 6.46. The van der Waals surface area contributed by atoms with E-state index in [0.717, 1.165) is 10.5 Å². The molecule has 0 bridgehead atoms. The van der Waals surface area contributed by atoms with Crippen molar-refractivity contribution in [3.8, 4) is 0 Å². The fourth-order valence-electron chi connectivity index (χ4n) is 3.12. The van der Waals surface area contributed by atoms with Crippen molar-refractivity contribution in [1.82, 2.24) is 0 Å². The second-order valence-corrected chi connectivity index (χ2v) is 6.53. The molecule has 1 aliphatic rings. The van der Waals surface area contributed by atoms with Gasteiger partial charge in [-0.3, -0.25) is 9.59 Å². The first-order valence-electron chi connectivity index (χ1n) is 8.82. The Kier molecular flexibility index (Phi) is 4.49. The zero-order valence-electron chi connectivity index (χ0n) is 15.1. The number of carbonyl (C=O) groups excluding carboxylic acids is 2. The molecule has 1 heterocycles. The van der Waals surface area contributed by atoms with E-state index >= 15 is 0 Å². The first-order chi connectivity index (χ1) is 13.5. The summed E-state index contributed by atoms with van der Waals surface area (Å²) in [5, 5.41) is 3.09. The third-order valence-corrected chi connectivity index (χ3v) is 4.55. The van der Waals surface area contributed by atoms with E-state index in [-0.39, 0.29) is 11.3 Å². The van der Waals surface area contributed by atoms with Crippen LogP contribution in [0.4, 0.5) is 15.8 Å². The van der Waals surface area contributed by atoms with E-state index in [1.54, 1.807) is 24.3 Å². The van der Waals surface area contributed by atoms with Crippen molar-refractivity contribution >= 4 is 28.8 Å². The van der Waals surface area contributed by atoms with Gasteiger partial charge in [0.1, 0.15) is 11.5 Å². The highest BCUT2D eigenvalue weighted by Crippen LogP contribution is 2.33. The standard InChI is InChI=1S/C23H17FN2O2/c1-15-7-13-18(14-8-15)25-21-20(16-9-11-17(24)12-10-16)22(27)26(23(21)28)19-5-3-2-4-6-19/h2-14,25H,1H3. The Bertz CT molecular complexity index is 1070. The van der Waals surface area contributed by atoms with Crippen LogP contribution in [0.3, 0.4) is 0 Å². The molecule has 5 heteroatoms. The molecule has 0 aromatic heterocycles. The van der Waals surface area contributed by atoms with Crippen LogP contribution >= 0.6 is 0 Å². The topological polar surface area (TPSA) is 49.4 Å². The first-order valence-corrected chi connectivity index (χ1v) is 8.82. The molecule has 2 amide bonds. The minimum atomic E-state index is -0.448. The summed E-state index contributed by atoms with van der Waals surface area (Å²) in [6.07, 6.45) is 0. The summed E-state index contributed by atoms with van der Waals surface area (Å²) in [6, 6.07) is 21.8. The minimum absolute atomic E-state index is 0.171. The van der Waals surface area contributed by atoms with Gasteiger partial charge < -0.3 is 5.32 Å². The molecule has 28 heavy (non-hydrogen) atoms. The Morgan fingerprint density at radius 2 is 1.43 bits per heavy atom. The quantitative estimate of drug-likeness (QED) is 0.685. The van der Waals surface area contributed by atoms with Gasteiger partial charge in [-0.05, 0) is 48.9 Å². The van der Waals surface area contributed by atoms with Gasteiger partial charge in [0, 0.05) is 5.69 Å². The molecule has 0 saturated carbocycles. The van der Waals surface area contributed by atoms with Crippen molar-refractivity contribution in [1.29, 1.82) is 0 Å². The molecule has 1 N–H and O–H groups in total. The van der Waals surface area contributed by atoms with Gasteiger partial charge in [0.25, 0.3) is 11.8 Å². The molecular weight excluding hydrogens is 355 g/mol. The van der Waals surface area contributed by atoms with Crippen LogP contribution in [0.1, 0.15) is 11.1 Å². The second-order valence-electron chi connectivity index (χ2n) is 6.53. The van der Waals surface area contributed by atoms with Crippen LogP contribution in [0, 0.1) is 12.7 Å². The Morgan fingerprint density at radius 3 is 2.07 bits per heavy atom. The van der Waals surface area contributed by atoms with Crippen LogP contribution in [0.2, 0.25) is 0 Å². The van der Waals surface area contributed by atoms with Crippen molar-refractivity contribution in [3.63, 3.8) is 0 Å². The number of hydrogen-bond donors (Lipinski definition) is 1. The molecule has 0 fully saturated rings. The highest BCUT2D eigenvalue weighted by atomic mass is 19.1. The predicted molar refractivity (Wildman–Crippen MR) is 107 cm³/mol. The molecule has 0 saturated heterocycles. The number of carbonyl (C=O) groups is 2. The third kappa shape index (κ3) is 3.18. The Hall–Kier alpha value is -3.73. The summed E-state index contributed by atoms with van der Waals surface area (Å²) < 4.78 is 13.4. The number of nitrogens with zero attached hydrogens (tertiary/aromatic N) is 1. The van der Waals surface area contributed by atoms with E-state index in [4.69, 9.17) is 0 Å². The monoisotopic (exact) mass is 372 g/mol. The normalized spacial score (nSPS) is 14.0. The fourth-order valence-corrected chi connectivity index (χ4v) is 3.12. The Balaban J connectivity index is 1.81. The van der Waals surface area contributed by atoms with Crippen LogP contribution in [0.15, 0.2) is 84.6 Å². The van der Waals surface area contributed by atoms with E-state index in [9.17, 15) is 14.0 Å². The number of halogens is 1. The van der Waals surface area contributed by atoms with Crippen molar-refractivity contribution in [2.75, 3.05) is 10.2 Å². The van der Waals surface area contributed by atoms with E-state index in [1.165, 1.54) is 24.3 Å². The smallest absolute Gasteiger partial charge is 0.282 e. The lowest BCUT2D eigenvalue weighted by molar-refractivity contribution is -0.120. The van der Waals surface area contributed by atoms with E-state index in [0.29, 0.717) is 16.9 Å². The number of anilines is 2. The number of amides is 2. The van der Waals surface area contributed by atoms with E-state index in [2.05, 4.69) is 5.32 Å². The van der Waals surface area contributed by atoms with Gasteiger partial charge in [-0.15, -0.1) is 0 Å². The van der Waals surface area contributed by atoms with Crippen LogP contribution in [0.25, 0.3) is 5.57 Å². The van der Waals surface area contributed by atoms with Crippen LogP contribution < -0.4 is 10.2 Å². The van der Waals surface area contributed by atoms with Gasteiger partial charge in [0.15, 0.2) is 0 Å². The molecule has 0 radical (unpaired) electrons. The summed E-state index contributed by atoms with van der Waals surface area (Å²) >= 11 is 0. The summed E-state index contributed by atoms with van der Waals surface area (Å²) in [5.41, 5.74) is 3.12. The maximum Gasteiger partial charge on any atom is 0.282 e. The molecule has 1 aliphatic heterocycles. The molecule has 0 atom stereocenters. The Morgan fingerprint density at radius 1 is 0.786 bits per heavy atom. The van der Waals surface area contributed by atoms with Crippen LogP contribution in [-0.2, 0) is 9.59 Å². The zero-order chi connectivity index (χ0) is 19.7. The van der Waals surface area contributed by atoms with Gasteiger partial charge in [0.2, 0.25) is 0 Å². The summed E-state index contributed by atoms with van der Waals surface area (Å²) in [7, 11) is 0. The van der Waals surface area contributed by atoms with Gasteiger partial charge in [-0.25, -0.2) is 9.29 Å². The number of aryl methyl sites for hydroxylation is 1. The zero-order valence-corrected chi connectivity index (χ0v) is 15.1. The summed E-state index contributed by atoms with van der Waals surface area (Å²) in [5.74, 6) is -1.30. The number of hydrogen-bond acceptors (Lipinski definition) is 3. The first kappa shape index (κ1) is 17.7. The number of nitrogens with one attached hydrogen (secondary N) is 1. The summed E-state index contributed by atoms with van der Waals surface area (Å²) in [4.78, 5) is 27.5. The molecule has 4 rings (SSSR count). The average Bonchev–Trinajstić information content (AvgIpc) is 2.95. The molecular formula is C23H17FN2O2. The number of para-hydroxylation sites is 1. The van der Waals surface area contributed by atoms with Crippen molar-refractivity contribution in [2.45, 2.75) is 6.92 Å². The third-order valence-electron chi connectivity index (χ3n) is 4.55. The largest absolute Gasteiger partial charge is 0.350 e. The lowest BCUT2D eigenvalue weighted by atomic mass is 10.0. The van der Waals surface area contributed by atoms with Crippen LogP contribution in [0.5, 0.6) is 0 Å². The van der Waals surface area contributed by atoms with Gasteiger partial charge in [-0.1, -0.05) is 48.0 Å². The maximum absolute atomic E-state index is 13.4. The average molecular weight is 372 g/mol. The van der Waals surface area contributed by atoms with Crippen molar-refractivity contribution in [3.05, 3.63) is 102 Å².